The number of nitrogens with one attached hydrogen (secondary N) is 2. The highest BCUT2D eigenvalue weighted by Crippen LogP contribution is 2.10. The van der Waals surface area contributed by atoms with Crippen LogP contribution in [0.1, 0.15) is 26.0 Å². The van der Waals surface area contributed by atoms with Gasteiger partial charge in [-0.15, -0.1) is 4.47 Å². The molecule has 0 spiro atoms. The molecule has 0 aliphatic carbocycles. The molecule has 0 saturated carbocycles. The number of allylic oxidation sites excluding steroid dienone is 2. The zero-order chi connectivity index (χ0) is 15.7. The third-order valence-electron chi connectivity index (χ3n) is 2.22. The van der Waals surface area contributed by atoms with E-state index in [9.17, 15) is 4.79 Å². The van der Waals surface area contributed by atoms with Crippen LogP contribution in [-0.2, 0) is 17.2 Å². The first-order chi connectivity index (χ1) is 10.1. The Hall–Kier alpha value is -2.62. The lowest BCUT2D eigenvalue weighted by atomic mass is 10.3. The molecule has 0 bridgehead atoms. The largest absolute Gasteiger partial charge is 0.382 e. The van der Waals surface area contributed by atoms with E-state index < -0.39 is 5.91 Å². The molecule has 1 amide bonds. The summed E-state index contributed by atoms with van der Waals surface area (Å²) < 4.78 is 7.82. The van der Waals surface area contributed by atoms with E-state index in [1.165, 1.54) is 12.3 Å². The third kappa shape index (κ3) is 4.76. The van der Waals surface area contributed by atoms with Gasteiger partial charge >= 0.3 is 0 Å². The van der Waals surface area contributed by atoms with Crippen molar-refractivity contribution >= 4 is 30.0 Å². The van der Waals surface area contributed by atoms with Crippen molar-refractivity contribution in [3.05, 3.63) is 29.7 Å². The van der Waals surface area contributed by atoms with Crippen molar-refractivity contribution in [1.29, 1.82) is 0 Å². The van der Waals surface area contributed by atoms with Crippen molar-refractivity contribution in [3.63, 3.8) is 0 Å². The Balaban J connectivity index is 2.89. The fourth-order valence-corrected chi connectivity index (χ4v) is 1.31. The quantitative estimate of drug-likeness (QED) is 0.293. The number of amides is 1. The maximum Gasteiger partial charge on any atom is 0.274 e. The van der Waals surface area contributed by atoms with Gasteiger partial charge in [0.15, 0.2) is 11.5 Å². The number of hydrogen-bond donors (Lipinski definition) is 3. The van der Waals surface area contributed by atoms with Crippen LogP contribution in [0.4, 0.5) is 5.82 Å². The van der Waals surface area contributed by atoms with E-state index in [-0.39, 0.29) is 23.0 Å². The lowest BCUT2D eigenvalue weighted by molar-refractivity contribution is -0.113. The lowest BCUT2D eigenvalue weighted by Crippen LogP contribution is -2.24. The van der Waals surface area contributed by atoms with Crippen LogP contribution in [0.5, 0.6) is 0 Å². The van der Waals surface area contributed by atoms with Crippen molar-refractivity contribution in [2.24, 2.45) is 15.2 Å². The molecule has 1 rings (SSSR count). The Morgan fingerprint density at radius 2 is 2.29 bits per heavy atom. The third-order valence-corrected chi connectivity index (χ3v) is 2.31. The Morgan fingerprint density at radius 3 is 2.90 bits per heavy atom. The summed E-state index contributed by atoms with van der Waals surface area (Å²) in [7, 11) is 0. The number of nitrogens with zero attached hydrogens (tertiary/aromatic N) is 4. The summed E-state index contributed by atoms with van der Waals surface area (Å²) in [4.78, 5) is 15.9. The van der Waals surface area contributed by atoms with E-state index in [1.807, 2.05) is 13.0 Å². The van der Waals surface area contributed by atoms with Crippen molar-refractivity contribution in [2.75, 3.05) is 5.32 Å². The molecule has 0 aliphatic rings. The molecule has 1 aromatic rings. The first kappa shape index (κ1) is 16.4. The molecule has 0 aliphatic heterocycles. The summed E-state index contributed by atoms with van der Waals surface area (Å²) in [5.41, 5.74) is 8.40. The van der Waals surface area contributed by atoms with Crippen molar-refractivity contribution < 1.29 is 9.42 Å². The highest BCUT2D eigenvalue weighted by molar-refractivity contribution is 7.47. The average molecular weight is 309 g/mol. The van der Waals surface area contributed by atoms with E-state index in [0.29, 0.717) is 0 Å². The zero-order valence-electron chi connectivity index (χ0n) is 11.5. The van der Waals surface area contributed by atoms with Crippen LogP contribution >= 0.6 is 0 Å². The van der Waals surface area contributed by atoms with E-state index >= 15 is 0 Å². The molecule has 1 heterocycles. The van der Waals surface area contributed by atoms with Crippen LogP contribution < -0.4 is 16.5 Å². The summed E-state index contributed by atoms with van der Waals surface area (Å²) >= 11 is 4.39. The molecule has 0 aromatic carbocycles. The standard InChI is InChI=1S/C11H15N7O2S/c1-3-5-6-13-9(12)8-10(17-20-16-8)14-11(19)7(4-2)15-18-21/h4-6H,3H2,1-2H3,(H2,12,13)(H,15,21)(H,14,17,19)/b6-5+,7-4-. The van der Waals surface area contributed by atoms with Gasteiger partial charge in [0, 0.05) is 6.20 Å². The van der Waals surface area contributed by atoms with E-state index in [2.05, 4.69) is 47.6 Å². The van der Waals surface area contributed by atoms with Crippen LogP contribution in [0.2, 0.25) is 0 Å². The minimum absolute atomic E-state index is 0.0525. The first-order valence-electron chi connectivity index (χ1n) is 6.01. The molecule has 112 valence electrons. The van der Waals surface area contributed by atoms with Crippen LogP contribution in [0, 0.1) is 0 Å². The topological polar surface area (TPSA) is 131 Å². The van der Waals surface area contributed by atoms with Gasteiger partial charge in [-0.2, -0.15) is 0 Å². The Morgan fingerprint density at radius 1 is 1.52 bits per heavy atom. The fourth-order valence-electron chi connectivity index (χ4n) is 1.21. The van der Waals surface area contributed by atoms with Gasteiger partial charge in [0.25, 0.3) is 5.91 Å². The van der Waals surface area contributed by atoms with Crippen molar-refractivity contribution in [3.8, 4) is 0 Å². The van der Waals surface area contributed by atoms with Crippen LogP contribution in [-0.4, -0.2) is 22.1 Å². The highest BCUT2D eigenvalue weighted by atomic mass is 32.1. The molecule has 1 aromatic heterocycles. The molecular weight excluding hydrogens is 294 g/mol. The van der Waals surface area contributed by atoms with Gasteiger partial charge in [-0.25, -0.2) is 9.62 Å². The average Bonchev–Trinajstić information content (AvgIpc) is 2.92. The van der Waals surface area contributed by atoms with Crippen LogP contribution in [0.3, 0.4) is 0 Å². The summed E-state index contributed by atoms with van der Waals surface area (Å²) in [5, 5.41) is 9.64. The molecule has 10 heteroatoms. The second-order valence-corrected chi connectivity index (χ2v) is 3.81. The van der Waals surface area contributed by atoms with Gasteiger partial charge in [0.2, 0.25) is 5.82 Å². The minimum atomic E-state index is -0.514. The maximum absolute atomic E-state index is 11.9. The van der Waals surface area contributed by atoms with E-state index in [4.69, 9.17) is 5.73 Å². The van der Waals surface area contributed by atoms with Crippen LogP contribution in [0.15, 0.2) is 38.1 Å². The molecule has 4 N–H and O–H groups in total. The van der Waals surface area contributed by atoms with Gasteiger partial charge in [0.1, 0.15) is 5.70 Å². The lowest BCUT2D eigenvalue weighted by Gasteiger charge is -2.04. The fraction of sp³-hybridized carbons (Fsp3) is 0.273. The molecule has 0 unspecified atom stereocenters. The number of aromatic nitrogens is 2. The molecule has 0 fully saturated rings. The summed E-state index contributed by atoms with van der Waals surface area (Å²) in [6, 6.07) is 0. The number of amidine groups is 1. The Kier molecular flexibility index (Phi) is 6.68. The summed E-state index contributed by atoms with van der Waals surface area (Å²) in [6.07, 6.45) is 5.66. The number of nitrogens with two attached hydrogens (primary N) is 1. The second-order valence-electron chi connectivity index (χ2n) is 3.63. The predicted octanol–water partition coefficient (Wildman–Crippen LogP) is 0.776. The molecule has 0 atom stereocenters. The smallest absolute Gasteiger partial charge is 0.274 e. The monoisotopic (exact) mass is 309 g/mol. The maximum atomic E-state index is 11.9. The highest BCUT2D eigenvalue weighted by Gasteiger charge is 2.18. The van der Waals surface area contributed by atoms with Crippen molar-refractivity contribution in [1.82, 2.24) is 15.7 Å². The molecule has 21 heavy (non-hydrogen) atoms. The number of hydrogen-bond acceptors (Lipinski definition) is 7. The molecular formula is C11H15N7O2S. The number of rotatable bonds is 7. The zero-order valence-corrected chi connectivity index (χ0v) is 12.3. The van der Waals surface area contributed by atoms with Gasteiger partial charge in [0.05, 0.1) is 12.4 Å². The van der Waals surface area contributed by atoms with Gasteiger partial charge in [-0.05, 0) is 23.7 Å². The first-order valence-corrected chi connectivity index (χ1v) is 6.37. The van der Waals surface area contributed by atoms with E-state index in [0.717, 1.165) is 6.42 Å². The van der Waals surface area contributed by atoms with Crippen LogP contribution in [0.25, 0.3) is 0 Å². The second kappa shape index (κ2) is 8.53. The SMILES string of the molecule is C/C=C(\NN=S)C(=O)Nc1nonc1C(N)=N/C=C/CC. The number of aliphatic imine (C=N–C) groups is 1. The number of anilines is 1. The van der Waals surface area contributed by atoms with Gasteiger partial charge in [-0.1, -0.05) is 19.1 Å². The molecule has 0 radical (unpaired) electrons. The predicted molar refractivity (Wildman–Crippen MR) is 79.8 cm³/mol. The Bertz CT molecular complexity index is 591. The van der Waals surface area contributed by atoms with Gasteiger partial charge in [-0.3, -0.25) is 10.2 Å². The normalized spacial score (nSPS) is 12.5. The Labute approximate surface area is 126 Å². The van der Waals surface area contributed by atoms with E-state index in [1.54, 1.807) is 6.92 Å². The summed E-state index contributed by atoms with van der Waals surface area (Å²) in [6.45, 7) is 3.61. The van der Waals surface area contributed by atoms with Crippen molar-refractivity contribution in [2.45, 2.75) is 20.3 Å². The van der Waals surface area contributed by atoms with Gasteiger partial charge < -0.3 is 11.1 Å². The number of carbonyl (C=O) groups is 1. The minimum Gasteiger partial charge on any atom is -0.382 e. The molecule has 9 nitrogen and oxygen atoms in total. The number of carbonyl (C=O) groups excluding carboxylic acids is 1. The molecule has 0 saturated heterocycles. The summed E-state index contributed by atoms with van der Waals surface area (Å²) in [5.74, 6) is -0.393.